The molecule has 2 N–H and O–H groups in total. The zero-order valence-electron chi connectivity index (χ0n) is 12.4. The molecule has 1 aromatic rings. The van der Waals surface area contributed by atoms with E-state index in [1.165, 1.54) is 29.7 Å². The molecule has 0 unspecified atom stereocenters. The molecule has 118 valence electrons. The maximum atomic E-state index is 12.6. The van der Waals surface area contributed by atoms with Gasteiger partial charge in [-0.05, 0) is 18.1 Å². The lowest BCUT2D eigenvalue weighted by molar-refractivity contribution is -0.140. The van der Waals surface area contributed by atoms with Gasteiger partial charge in [-0.3, -0.25) is 4.79 Å². The van der Waals surface area contributed by atoms with Gasteiger partial charge in [0.1, 0.15) is 10.7 Å². The zero-order chi connectivity index (χ0) is 16.0. The van der Waals surface area contributed by atoms with Crippen LogP contribution in [0.5, 0.6) is 0 Å². The fourth-order valence-corrected chi connectivity index (χ4v) is 3.28. The minimum Gasteiger partial charge on any atom is -0.469 e. The Kier molecular flexibility index (Phi) is 6.10. The van der Waals surface area contributed by atoms with E-state index in [1.54, 1.807) is 0 Å². The average Bonchev–Trinajstić information content (AvgIpc) is 2.43. The summed E-state index contributed by atoms with van der Waals surface area (Å²) < 4.78 is 31.0. The zero-order valence-corrected chi connectivity index (χ0v) is 13.3. The topological polar surface area (TPSA) is 103 Å². The van der Waals surface area contributed by atoms with Crippen LogP contribution >= 0.6 is 0 Å². The van der Waals surface area contributed by atoms with Crippen molar-refractivity contribution in [3.8, 4) is 0 Å². The summed E-state index contributed by atoms with van der Waals surface area (Å²) in [5.74, 6) is -0.0764. The number of carbonyl (C=O) groups is 1. The van der Waals surface area contributed by atoms with Crippen molar-refractivity contribution >= 4 is 21.8 Å². The normalized spacial score (nSPS) is 11.9. The predicted molar refractivity (Wildman–Crippen MR) is 78.9 cm³/mol. The number of nitrogen functional groups attached to an aromatic ring is 1. The van der Waals surface area contributed by atoms with E-state index in [4.69, 9.17) is 5.73 Å². The van der Waals surface area contributed by atoms with Crippen LogP contribution in [0.15, 0.2) is 23.2 Å². The summed E-state index contributed by atoms with van der Waals surface area (Å²) in [7, 11) is -2.44. The molecule has 7 nitrogen and oxygen atoms in total. The third-order valence-corrected chi connectivity index (χ3v) is 4.61. The highest BCUT2D eigenvalue weighted by Crippen LogP contribution is 2.17. The number of aromatic nitrogens is 1. The highest BCUT2D eigenvalue weighted by atomic mass is 32.2. The molecule has 0 amide bonds. The number of pyridine rings is 1. The lowest BCUT2D eigenvalue weighted by Crippen LogP contribution is -2.36. The second-order valence-corrected chi connectivity index (χ2v) is 6.94. The number of esters is 1. The largest absolute Gasteiger partial charge is 0.469 e. The average molecular weight is 315 g/mol. The second-order valence-electron chi connectivity index (χ2n) is 5.00. The number of hydrogen-bond acceptors (Lipinski definition) is 6. The molecule has 0 aliphatic carbocycles. The maximum absolute atomic E-state index is 12.6. The van der Waals surface area contributed by atoms with E-state index in [2.05, 4.69) is 9.72 Å². The number of hydrogen-bond donors (Lipinski definition) is 1. The summed E-state index contributed by atoms with van der Waals surface area (Å²) in [5.41, 5.74) is 5.46. The third-order valence-electron chi connectivity index (χ3n) is 2.76. The van der Waals surface area contributed by atoms with Crippen molar-refractivity contribution < 1.29 is 17.9 Å². The van der Waals surface area contributed by atoms with Crippen molar-refractivity contribution in [1.29, 1.82) is 0 Å². The number of ether oxygens (including phenoxy) is 1. The molecule has 0 radical (unpaired) electrons. The quantitative estimate of drug-likeness (QED) is 0.749. The molecule has 21 heavy (non-hydrogen) atoms. The molecule has 1 rings (SSSR count). The summed E-state index contributed by atoms with van der Waals surface area (Å²) in [6, 6.07) is 2.84. The molecule has 0 saturated carbocycles. The van der Waals surface area contributed by atoms with E-state index in [9.17, 15) is 13.2 Å². The first-order valence-corrected chi connectivity index (χ1v) is 8.00. The van der Waals surface area contributed by atoms with Gasteiger partial charge in [0.25, 0.3) is 0 Å². The van der Waals surface area contributed by atoms with Crippen LogP contribution in [0.2, 0.25) is 0 Å². The van der Waals surface area contributed by atoms with Crippen LogP contribution in [0, 0.1) is 5.92 Å². The van der Waals surface area contributed by atoms with Crippen molar-refractivity contribution in [2.45, 2.75) is 25.2 Å². The summed E-state index contributed by atoms with van der Waals surface area (Å²) >= 11 is 0. The van der Waals surface area contributed by atoms with Crippen molar-refractivity contribution in [1.82, 2.24) is 9.29 Å². The number of nitrogens with zero attached hydrogens (tertiary/aromatic N) is 2. The Morgan fingerprint density at radius 3 is 2.57 bits per heavy atom. The SMILES string of the molecule is COC(=O)CCN(CC(C)C)S(=O)(=O)c1ccc(N)nc1. The Morgan fingerprint density at radius 1 is 1.43 bits per heavy atom. The van der Waals surface area contributed by atoms with Crippen LogP contribution < -0.4 is 5.73 Å². The molecule has 0 aromatic carbocycles. The lowest BCUT2D eigenvalue weighted by Gasteiger charge is -2.23. The minimum absolute atomic E-state index is 0.00481. The van der Waals surface area contributed by atoms with E-state index in [-0.39, 0.29) is 29.6 Å². The van der Waals surface area contributed by atoms with Gasteiger partial charge in [0.05, 0.1) is 13.5 Å². The first-order chi connectivity index (χ1) is 9.77. The summed E-state index contributed by atoms with van der Waals surface area (Å²) in [6.07, 6.45) is 1.22. The van der Waals surface area contributed by atoms with Crippen molar-refractivity contribution in [2.75, 3.05) is 25.9 Å². The molecule has 1 aromatic heterocycles. The van der Waals surface area contributed by atoms with E-state index >= 15 is 0 Å². The molecule has 0 atom stereocenters. The third kappa shape index (κ3) is 4.98. The van der Waals surface area contributed by atoms with Gasteiger partial charge >= 0.3 is 5.97 Å². The van der Waals surface area contributed by atoms with Crippen LogP contribution in [0.25, 0.3) is 0 Å². The molecule has 0 spiro atoms. The van der Waals surface area contributed by atoms with Crippen LogP contribution in [-0.2, 0) is 19.6 Å². The van der Waals surface area contributed by atoms with Crippen LogP contribution in [0.3, 0.4) is 0 Å². The maximum Gasteiger partial charge on any atom is 0.306 e. The van der Waals surface area contributed by atoms with E-state index in [1.807, 2.05) is 13.8 Å². The Bertz CT molecular complexity index is 570. The molecule has 0 bridgehead atoms. The Morgan fingerprint density at radius 2 is 2.10 bits per heavy atom. The number of rotatable bonds is 7. The van der Waals surface area contributed by atoms with E-state index < -0.39 is 16.0 Å². The molecule has 0 aliphatic rings. The van der Waals surface area contributed by atoms with Crippen molar-refractivity contribution in [3.63, 3.8) is 0 Å². The molecule has 8 heteroatoms. The van der Waals surface area contributed by atoms with Gasteiger partial charge in [-0.15, -0.1) is 0 Å². The van der Waals surface area contributed by atoms with Crippen LogP contribution in [0.4, 0.5) is 5.82 Å². The summed E-state index contributed by atoms with van der Waals surface area (Å²) in [4.78, 5) is 15.1. The highest BCUT2D eigenvalue weighted by Gasteiger charge is 2.26. The molecule has 1 heterocycles. The Labute approximate surface area is 125 Å². The lowest BCUT2D eigenvalue weighted by atomic mass is 10.2. The number of carbonyl (C=O) groups excluding carboxylic acids is 1. The monoisotopic (exact) mass is 315 g/mol. The van der Waals surface area contributed by atoms with Gasteiger partial charge in [0, 0.05) is 19.3 Å². The van der Waals surface area contributed by atoms with Gasteiger partial charge in [-0.25, -0.2) is 13.4 Å². The number of nitrogens with two attached hydrogens (primary N) is 1. The molecule has 0 saturated heterocycles. The van der Waals surface area contributed by atoms with Crippen LogP contribution in [0.1, 0.15) is 20.3 Å². The molecular weight excluding hydrogens is 294 g/mol. The van der Waals surface area contributed by atoms with Crippen molar-refractivity contribution in [2.24, 2.45) is 5.92 Å². The summed E-state index contributed by atoms with van der Waals surface area (Å²) in [6.45, 7) is 4.19. The van der Waals surface area contributed by atoms with Gasteiger partial charge in [-0.2, -0.15) is 4.31 Å². The minimum atomic E-state index is -3.71. The van der Waals surface area contributed by atoms with E-state index in [0.717, 1.165) is 0 Å². The van der Waals surface area contributed by atoms with Gasteiger partial charge in [-0.1, -0.05) is 13.8 Å². The standard InChI is InChI=1S/C13H21N3O4S/c1-10(2)9-16(7-6-13(17)20-3)21(18,19)11-4-5-12(14)15-8-11/h4-5,8,10H,6-7,9H2,1-3H3,(H2,14,15). The van der Waals surface area contributed by atoms with Crippen molar-refractivity contribution in [3.05, 3.63) is 18.3 Å². The number of sulfonamides is 1. The molecule has 0 aliphatic heterocycles. The predicted octanol–water partition coefficient (Wildman–Crippen LogP) is 0.874. The van der Waals surface area contributed by atoms with Gasteiger partial charge < -0.3 is 10.5 Å². The number of methoxy groups -OCH3 is 1. The van der Waals surface area contributed by atoms with Crippen LogP contribution in [-0.4, -0.2) is 43.9 Å². The summed E-state index contributed by atoms with van der Waals surface area (Å²) in [5, 5.41) is 0. The number of anilines is 1. The molecule has 0 fully saturated rings. The fourth-order valence-electron chi connectivity index (χ4n) is 1.73. The van der Waals surface area contributed by atoms with Gasteiger partial charge in [0.15, 0.2) is 0 Å². The highest BCUT2D eigenvalue weighted by molar-refractivity contribution is 7.89. The van der Waals surface area contributed by atoms with E-state index in [0.29, 0.717) is 6.54 Å². The first kappa shape index (κ1) is 17.4. The fraction of sp³-hybridized carbons (Fsp3) is 0.538. The smallest absolute Gasteiger partial charge is 0.306 e. The Hall–Kier alpha value is -1.67. The van der Waals surface area contributed by atoms with Gasteiger partial charge in [0.2, 0.25) is 10.0 Å². The first-order valence-electron chi connectivity index (χ1n) is 6.56. The molecular formula is C13H21N3O4S. The Balaban J connectivity index is 2.99. The second kappa shape index (κ2) is 7.37.